The molecule has 4 aromatic rings. The van der Waals surface area contributed by atoms with E-state index in [2.05, 4.69) is 20.3 Å². The fourth-order valence-electron chi connectivity index (χ4n) is 2.84. The minimum absolute atomic E-state index is 0.156. The average Bonchev–Trinajstić information content (AvgIpc) is 3.06. The molecule has 2 aromatic carbocycles. The molecule has 0 atom stereocenters. The summed E-state index contributed by atoms with van der Waals surface area (Å²) < 4.78 is 12.2. The van der Waals surface area contributed by atoms with E-state index in [1.54, 1.807) is 29.8 Å². The molecule has 0 saturated heterocycles. The number of imidazole rings is 1. The summed E-state index contributed by atoms with van der Waals surface area (Å²) in [6, 6.07) is 13.0. The second kappa shape index (κ2) is 7.61. The summed E-state index contributed by atoms with van der Waals surface area (Å²) in [7, 11) is 1.62. The average molecular weight is 416 g/mol. The van der Waals surface area contributed by atoms with Crippen LogP contribution in [-0.4, -0.2) is 38.5 Å². The summed E-state index contributed by atoms with van der Waals surface area (Å²) in [5.41, 5.74) is 2.95. The normalized spacial score (nSPS) is 11.0. The molecule has 0 N–H and O–H groups in total. The van der Waals surface area contributed by atoms with Gasteiger partial charge in [-0.2, -0.15) is 4.52 Å². The molecule has 0 aliphatic rings. The third-order valence-electron chi connectivity index (χ3n) is 4.02. The topological polar surface area (TPSA) is 74.4 Å². The number of fused-ring (bicyclic) bond motifs is 1. The summed E-state index contributed by atoms with van der Waals surface area (Å²) in [5, 5.41) is 13.5. The molecule has 142 valence electrons. The second-order valence-electron chi connectivity index (χ2n) is 5.82. The van der Waals surface area contributed by atoms with E-state index in [1.165, 1.54) is 0 Å². The minimum atomic E-state index is 0.156. The van der Waals surface area contributed by atoms with Gasteiger partial charge in [0, 0.05) is 21.2 Å². The summed E-state index contributed by atoms with van der Waals surface area (Å²) >= 11 is 12.5. The Hall–Kier alpha value is -2.90. The fourth-order valence-corrected chi connectivity index (χ4v) is 3.37. The molecule has 2 aromatic heterocycles. The first kappa shape index (κ1) is 18.5. The number of hydrogen-bond donors (Lipinski definition) is 0. The van der Waals surface area contributed by atoms with E-state index in [9.17, 15) is 0 Å². The molecule has 0 spiro atoms. The number of benzene rings is 2. The Balaban J connectivity index is 1.99. The van der Waals surface area contributed by atoms with Gasteiger partial charge in [0.05, 0.1) is 13.7 Å². The number of methoxy groups -OCH3 is 1. The van der Waals surface area contributed by atoms with Crippen molar-refractivity contribution in [2.45, 2.75) is 6.92 Å². The third kappa shape index (κ3) is 3.46. The molecule has 0 radical (unpaired) electrons. The Kier molecular flexibility index (Phi) is 5.02. The predicted molar refractivity (Wildman–Crippen MR) is 107 cm³/mol. The monoisotopic (exact) mass is 415 g/mol. The van der Waals surface area contributed by atoms with Gasteiger partial charge in [-0.3, -0.25) is 0 Å². The van der Waals surface area contributed by atoms with Crippen molar-refractivity contribution in [2.24, 2.45) is 0 Å². The van der Waals surface area contributed by atoms with Crippen molar-refractivity contribution < 1.29 is 9.47 Å². The standard InChI is InChI=1S/C19H15Cl2N5O2/c1-3-28-19-24-23-18-22-16(11-4-6-15(27-2)7-5-11)17(26(18)25-19)12-8-13(20)10-14(21)9-12/h4-10H,3H2,1-2H3. The fraction of sp³-hybridized carbons (Fsp3) is 0.158. The van der Waals surface area contributed by atoms with E-state index < -0.39 is 0 Å². The van der Waals surface area contributed by atoms with Gasteiger partial charge >= 0.3 is 6.01 Å². The van der Waals surface area contributed by atoms with Gasteiger partial charge in [0.1, 0.15) is 17.1 Å². The Morgan fingerprint density at radius 2 is 1.68 bits per heavy atom. The van der Waals surface area contributed by atoms with Gasteiger partial charge in [-0.25, -0.2) is 4.98 Å². The minimum Gasteiger partial charge on any atom is -0.497 e. The molecular weight excluding hydrogens is 401 g/mol. The highest BCUT2D eigenvalue weighted by Crippen LogP contribution is 2.35. The SMILES string of the molecule is CCOc1nnc2nc(-c3ccc(OC)cc3)c(-c3cc(Cl)cc(Cl)c3)n2n1. The molecule has 4 rings (SSSR count). The molecule has 0 aliphatic carbocycles. The summed E-state index contributed by atoms with van der Waals surface area (Å²) in [6.45, 7) is 2.27. The quantitative estimate of drug-likeness (QED) is 0.475. The zero-order chi connectivity index (χ0) is 19.7. The molecule has 7 nitrogen and oxygen atoms in total. The second-order valence-corrected chi connectivity index (χ2v) is 6.70. The smallest absolute Gasteiger partial charge is 0.353 e. The molecule has 0 saturated carbocycles. The van der Waals surface area contributed by atoms with Crippen molar-refractivity contribution >= 4 is 29.0 Å². The number of nitrogens with zero attached hydrogens (tertiary/aromatic N) is 5. The molecule has 0 aliphatic heterocycles. The maximum absolute atomic E-state index is 6.23. The van der Waals surface area contributed by atoms with Crippen molar-refractivity contribution in [1.29, 1.82) is 0 Å². The lowest BCUT2D eigenvalue weighted by Crippen LogP contribution is -2.05. The van der Waals surface area contributed by atoms with Crippen LogP contribution in [0.5, 0.6) is 11.8 Å². The van der Waals surface area contributed by atoms with Crippen LogP contribution in [0, 0.1) is 0 Å². The Morgan fingerprint density at radius 3 is 2.32 bits per heavy atom. The van der Waals surface area contributed by atoms with Crippen LogP contribution in [0.3, 0.4) is 0 Å². The highest BCUT2D eigenvalue weighted by molar-refractivity contribution is 6.35. The van der Waals surface area contributed by atoms with Crippen molar-refractivity contribution in [2.75, 3.05) is 13.7 Å². The predicted octanol–water partition coefficient (Wildman–Crippen LogP) is 4.57. The van der Waals surface area contributed by atoms with E-state index in [-0.39, 0.29) is 6.01 Å². The van der Waals surface area contributed by atoms with E-state index in [1.807, 2.05) is 31.2 Å². The Labute approximate surface area is 170 Å². The van der Waals surface area contributed by atoms with Crippen LogP contribution in [0.15, 0.2) is 42.5 Å². The van der Waals surface area contributed by atoms with Crippen LogP contribution in [0.2, 0.25) is 10.0 Å². The van der Waals surface area contributed by atoms with Gasteiger partial charge in [-0.15, -0.1) is 10.2 Å². The van der Waals surface area contributed by atoms with Crippen molar-refractivity contribution in [3.63, 3.8) is 0 Å². The maximum Gasteiger partial charge on any atom is 0.353 e. The van der Waals surface area contributed by atoms with Gasteiger partial charge in [-0.1, -0.05) is 28.3 Å². The molecule has 0 fully saturated rings. The zero-order valence-electron chi connectivity index (χ0n) is 15.1. The van der Waals surface area contributed by atoms with Gasteiger partial charge < -0.3 is 9.47 Å². The summed E-state index contributed by atoms with van der Waals surface area (Å²) in [6.07, 6.45) is 0. The molecule has 28 heavy (non-hydrogen) atoms. The van der Waals surface area contributed by atoms with Crippen LogP contribution in [-0.2, 0) is 0 Å². The highest BCUT2D eigenvalue weighted by atomic mass is 35.5. The van der Waals surface area contributed by atoms with Gasteiger partial charge in [0.25, 0.3) is 5.78 Å². The third-order valence-corrected chi connectivity index (χ3v) is 4.46. The molecule has 0 unspecified atom stereocenters. The van der Waals surface area contributed by atoms with Crippen LogP contribution in [0.4, 0.5) is 0 Å². The van der Waals surface area contributed by atoms with E-state index in [0.29, 0.717) is 33.8 Å². The van der Waals surface area contributed by atoms with Crippen molar-refractivity contribution in [1.82, 2.24) is 24.8 Å². The van der Waals surface area contributed by atoms with E-state index in [0.717, 1.165) is 16.9 Å². The zero-order valence-corrected chi connectivity index (χ0v) is 16.6. The van der Waals surface area contributed by atoms with Crippen LogP contribution in [0.1, 0.15) is 6.92 Å². The first-order chi connectivity index (χ1) is 13.6. The number of ether oxygens (including phenoxy) is 2. The van der Waals surface area contributed by atoms with Crippen LogP contribution >= 0.6 is 23.2 Å². The summed E-state index contributed by atoms with van der Waals surface area (Å²) in [5.74, 6) is 1.08. The van der Waals surface area contributed by atoms with Crippen LogP contribution in [0.25, 0.3) is 28.3 Å². The number of aromatic nitrogens is 5. The number of hydrogen-bond acceptors (Lipinski definition) is 6. The largest absolute Gasteiger partial charge is 0.497 e. The van der Waals surface area contributed by atoms with Gasteiger partial charge in [-0.05, 0) is 49.4 Å². The van der Waals surface area contributed by atoms with Crippen molar-refractivity contribution in [3.8, 4) is 34.3 Å². The molecule has 9 heteroatoms. The maximum atomic E-state index is 6.23. The Morgan fingerprint density at radius 1 is 0.964 bits per heavy atom. The van der Waals surface area contributed by atoms with Gasteiger partial charge in [0.2, 0.25) is 0 Å². The lowest BCUT2D eigenvalue weighted by molar-refractivity contribution is 0.301. The van der Waals surface area contributed by atoms with Crippen LogP contribution < -0.4 is 9.47 Å². The first-order valence-corrected chi connectivity index (χ1v) is 9.21. The highest BCUT2D eigenvalue weighted by Gasteiger charge is 2.20. The summed E-state index contributed by atoms with van der Waals surface area (Å²) in [4.78, 5) is 4.62. The Bertz CT molecular complexity index is 1120. The molecule has 0 bridgehead atoms. The first-order valence-electron chi connectivity index (χ1n) is 8.46. The van der Waals surface area contributed by atoms with E-state index >= 15 is 0 Å². The van der Waals surface area contributed by atoms with Crippen molar-refractivity contribution in [3.05, 3.63) is 52.5 Å². The molecule has 2 heterocycles. The number of rotatable bonds is 5. The van der Waals surface area contributed by atoms with E-state index in [4.69, 9.17) is 32.7 Å². The number of halogens is 2. The van der Waals surface area contributed by atoms with Gasteiger partial charge in [0.15, 0.2) is 0 Å². The lowest BCUT2D eigenvalue weighted by Gasteiger charge is -2.07. The molecular formula is C19H15Cl2N5O2. The lowest BCUT2D eigenvalue weighted by atomic mass is 10.0. The molecule has 0 amide bonds.